The number of rotatable bonds is 0. The van der Waals surface area contributed by atoms with Crippen LogP contribution in [0.25, 0.3) is 5.69 Å². The standard InChI is InChI=1S/C13H14FN5.C2H6/c1-7-16-12-13(3-4-13)18(2)11-9(15)5-8(14)6-10(11)19(12)17-7;1-2/h5-6H,3-4,15H2,1-2H3;1-2H3. The number of hydrogen-bond acceptors (Lipinski definition) is 4. The van der Waals surface area contributed by atoms with Crippen LogP contribution in [0.5, 0.6) is 0 Å². The molecule has 1 aromatic carbocycles. The number of nitrogens with two attached hydrogens (primary N) is 1. The molecule has 1 aliphatic heterocycles. The summed E-state index contributed by atoms with van der Waals surface area (Å²) in [5.41, 5.74) is 7.86. The third-order valence-corrected chi connectivity index (χ3v) is 4.14. The first-order valence-electron chi connectivity index (χ1n) is 7.30. The van der Waals surface area contributed by atoms with Crippen LogP contribution in [0.1, 0.15) is 38.3 Å². The fourth-order valence-electron chi connectivity index (χ4n) is 3.06. The van der Waals surface area contributed by atoms with Gasteiger partial charge in [-0.05, 0) is 25.8 Å². The SMILES string of the molecule is CC.Cc1nc2n(n1)-c1cc(F)cc(N)c1N(C)C21CC1. The molecule has 1 aromatic heterocycles. The molecular formula is C15H20FN5. The Morgan fingerprint density at radius 1 is 1.29 bits per heavy atom. The highest BCUT2D eigenvalue weighted by Gasteiger charge is 2.55. The summed E-state index contributed by atoms with van der Waals surface area (Å²) in [5.74, 6) is 1.24. The van der Waals surface area contributed by atoms with Gasteiger partial charge in [-0.2, -0.15) is 5.10 Å². The van der Waals surface area contributed by atoms with E-state index in [1.54, 1.807) is 4.68 Å². The lowest BCUT2D eigenvalue weighted by Gasteiger charge is -2.36. The molecule has 0 bridgehead atoms. The minimum absolute atomic E-state index is 0.111. The molecule has 1 fully saturated rings. The zero-order valence-corrected chi connectivity index (χ0v) is 12.8. The van der Waals surface area contributed by atoms with Crippen molar-refractivity contribution in [3.8, 4) is 5.69 Å². The average molecular weight is 289 g/mol. The van der Waals surface area contributed by atoms with Crippen LogP contribution in [0.15, 0.2) is 12.1 Å². The predicted molar refractivity (Wildman–Crippen MR) is 81.1 cm³/mol. The lowest BCUT2D eigenvalue weighted by Crippen LogP contribution is -2.39. The van der Waals surface area contributed by atoms with Crippen molar-refractivity contribution in [3.05, 3.63) is 29.6 Å². The third-order valence-electron chi connectivity index (χ3n) is 4.14. The molecular weight excluding hydrogens is 269 g/mol. The summed E-state index contributed by atoms with van der Waals surface area (Å²) in [6.45, 7) is 5.85. The van der Waals surface area contributed by atoms with E-state index >= 15 is 0 Å². The van der Waals surface area contributed by atoms with Gasteiger partial charge in [0.2, 0.25) is 0 Å². The Balaban J connectivity index is 0.000000636. The van der Waals surface area contributed by atoms with Gasteiger partial charge < -0.3 is 10.6 Å². The lowest BCUT2D eigenvalue weighted by molar-refractivity contribution is 0.565. The van der Waals surface area contributed by atoms with Crippen LogP contribution in [0.3, 0.4) is 0 Å². The molecule has 0 radical (unpaired) electrons. The van der Waals surface area contributed by atoms with Crippen LogP contribution in [0.4, 0.5) is 15.8 Å². The molecule has 0 unspecified atom stereocenters. The first-order valence-corrected chi connectivity index (χ1v) is 7.30. The Kier molecular flexibility index (Phi) is 2.93. The number of aryl methyl sites for hydroxylation is 1. The molecule has 1 spiro atoms. The van der Waals surface area contributed by atoms with Gasteiger partial charge in [-0.3, -0.25) is 0 Å². The molecule has 2 aliphatic rings. The number of anilines is 2. The lowest BCUT2D eigenvalue weighted by atomic mass is 10.1. The van der Waals surface area contributed by atoms with E-state index in [1.165, 1.54) is 12.1 Å². The smallest absolute Gasteiger partial charge is 0.158 e. The van der Waals surface area contributed by atoms with Crippen LogP contribution >= 0.6 is 0 Å². The predicted octanol–water partition coefficient (Wildman–Crippen LogP) is 2.76. The Morgan fingerprint density at radius 3 is 2.57 bits per heavy atom. The van der Waals surface area contributed by atoms with Gasteiger partial charge in [0.15, 0.2) is 5.82 Å². The topological polar surface area (TPSA) is 60.0 Å². The summed E-state index contributed by atoms with van der Waals surface area (Å²) in [6, 6.07) is 2.83. The van der Waals surface area contributed by atoms with Crippen LogP contribution < -0.4 is 10.6 Å². The molecule has 2 heterocycles. The highest BCUT2D eigenvalue weighted by atomic mass is 19.1. The van der Waals surface area contributed by atoms with Crippen molar-refractivity contribution in [3.63, 3.8) is 0 Å². The molecule has 5 nitrogen and oxygen atoms in total. The maximum atomic E-state index is 13.6. The third kappa shape index (κ3) is 1.74. The normalized spacial score (nSPS) is 16.9. The number of halogens is 1. The van der Waals surface area contributed by atoms with E-state index in [-0.39, 0.29) is 11.4 Å². The van der Waals surface area contributed by atoms with Crippen molar-refractivity contribution in [2.45, 2.75) is 39.2 Å². The first-order chi connectivity index (χ1) is 10.0. The second-order valence-electron chi connectivity index (χ2n) is 5.35. The molecule has 21 heavy (non-hydrogen) atoms. The molecule has 2 N–H and O–H groups in total. The second-order valence-corrected chi connectivity index (χ2v) is 5.35. The number of fused-ring (bicyclic) bond motifs is 4. The van der Waals surface area contributed by atoms with Crippen LogP contribution in [0.2, 0.25) is 0 Å². The van der Waals surface area contributed by atoms with E-state index in [1.807, 2.05) is 27.8 Å². The van der Waals surface area contributed by atoms with Crippen molar-refractivity contribution >= 4 is 11.4 Å². The minimum Gasteiger partial charge on any atom is -0.397 e. The molecule has 1 saturated carbocycles. The van der Waals surface area contributed by atoms with Gasteiger partial charge in [0.1, 0.15) is 17.2 Å². The molecule has 6 heteroatoms. The summed E-state index contributed by atoms with van der Waals surface area (Å²) in [5, 5.41) is 4.40. The maximum Gasteiger partial charge on any atom is 0.158 e. The molecule has 2 aromatic rings. The first kappa shape index (κ1) is 13.9. The summed E-state index contributed by atoms with van der Waals surface area (Å²) >= 11 is 0. The fraction of sp³-hybridized carbons (Fsp3) is 0.467. The van der Waals surface area contributed by atoms with E-state index in [4.69, 9.17) is 5.73 Å². The van der Waals surface area contributed by atoms with E-state index in [0.717, 1.165) is 24.4 Å². The number of nitrogen functional groups attached to an aromatic ring is 1. The second kappa shape index (κ2) is 4.44. The highest BCUT2D eigenvalue weighted by Crippen LogP contribution is 2.56. The Hall–Kier alpha value is -2.11. The monoisotopic (exact) mass is 289 g/mol. The summed E-state index contributed by atoms with van der Waals surface area (Å²) in [7, 11) is 1.99. The zero-order valence-electron chi connectivity index (χ0n) is 12.8. The van der Waals surface area contributed by atoms with Gasteiger partial charge >= 0.3 is 0 Å². The number of nitrogens with zero attached hydrogens (tertiary/aromatic N) is 4. The Bertz CT molecular complexity index is 702. The average Bonchev–Trinajstić information content (AvgIpc) is 3.15. The van der Waals surface area contributed by atoms with E-state index < -0.39 is 0 Å². The molecule has 0 amide bonds. The Morgan fingerprint density at radius 2 is 1.95 bits per heavy atom. The number of aromatic nitrogens is 3. The van der Waals surface area contributed by atoms with Gasteiger partial charge in [0.25, 0.3) is 0 Å². The van der Waals surface area contributed by atoms with Gasteiger partial charge in [-0.15, -0.1) is 0 Å². The van der Waals surface area contributed by atoms with Crippen LogP contribution in [0, 0.1) is 12.7 Å². The van der Waals surface area contributed by atoms with Gasteiger partial charge in [-0.1, -0.05) is 13.8 Å². The fourth-order valence-corrected chi connectivity index (χ4v) is 3.06. The van der Waals surface area contributed by atoms with Crippen LogP contribution in [-0.4, -0.2) is 21.8 Å². The van der Waals surface area contributed by atoms with Crippen molar-refractivity contribution in [2.75, 3.05) is 17.7 Å². The zero-order chi connectivity index (χ0) is 15.4. The van der Waals surface area contributed by atoms with Crippen molar-refractivity contribution in [1.82, 2.24) is 14.8 Å². The van der Waals surface area contributed by atoms with Gasteiger partial charge in [0, 0.05) is 13.1 Å². The highest BCUT2D eigenvalue weighted by molar-refractivity contribution is 5.80. The molecule has 0 saturated heterocycles. The largest absolute Gasteiger partial charge is 0.397 e. The van der Waals surface area contributed by atoms with E-state index in [2.05, 4.69) is 15.0 Å². The summed E-state index contributed by atoms with van der Waals surface area (Å²) in [6.07, 6.45) is 2.05. The van der Waals surface area contributed by atoms with Crippen LogP contribution in [-0.2, 0) is 5.54 Å². The molecule has 1 aliphatic carbocycles. The Labute approximate surface area is 123 Å². The van der Waals surface area contributed by atoms with Crippen molar-refractivity contribution < 1.29 is 4.39 Å². The molecule has 4 rings (SSSR count). The summed E-state index contributed by atoms with van der Waals surface area (Å²) < 4.78 is 15.4. The number of benzene rings is 1. The van der Waals surface area contributed by atoms with Gasteiger partial charge in [-0.25, -0.2) is 14.1 Å². The van der Waals surface area contributed by atoms with E-state index in [0.29, 0.717) is 17.2 Å². The maximum absolute atomic E-state index is 13.6. The minimum atomic E-state index is -0.351. The molecule has 112 valence electrons. The van der Waals surface area contributed by atoms with Crippen molar-refractivity contribution in [1.29, 1.82) is 0 Å². The quantitative estimate of drug-likeness (QED) is 0.758. The number of hydrogen-bond donors (Lipinski definition) is 1. The van der Waals surface area contributed by atoms with Gasteiger partial charge in [0.05, 0.1) is 17.1 Å². The van der Waals surface area contributed by atoms with E-state index in [9.17, 15) is 4.39 Å². The summed E-state index contributed by atoms with van der Waals surface area (Å²) in [4.78, 5) is 6.65. The molecule has 0 atom stereocenters. The van der Waals surface area contributed by atoms with Crippen molar-refractivity contribution in [2.24, 2.45) is 0 Å².